The van der Waals surface area contributed by atoms with Gasteiger partial charge in [0, 0.05) is 5.56 Å². The molecule has 6 heteroatoms. The van der Waals surface area contributed by atoms with Crippen molar-refractivity contribution in [3.63, 3.8) is 0 Å². The standard InChI is InChI=1S/C13H15N3O3/c1-8-7-14-16-12(8)15-13(17)11-9(18-2)5-4-6-10(11)19-3/h4-7H,1-3H3,(H2,14,15,16,17). The summed E-state index contributed by atoms with van der Waals surface area (Å²) in [4.78, 5) is 12.3. The predicted octanol–water partition coefficient (Wildman–Crippen LogP) is 1.99. The molecule has 2 N–H and O–H groups in total. The Morgan fingerprint density at radius 1 is 1.26 bits per heavy atom. The van der Waals surface area contributed by atoms with Gasteiger partial charge in [-0.2, -0.15) is 5.10 Å². The first-order valence-corrected chi connectivity index (χ1v) is 5.69. The number of hydrogen-bond donors (Lipinski definition) is 2. The number of methoxy groups -OCH3 is 2. The van der Waals surface area contributed by atoms with Crippen LogP contribution in [0.1, 0.15) is 15.9 Å². The van der Waals surface area contributed by atoms with Crippen LogP contribution in [0.3, 0.4) is 0 Å². The molecule has 100 valence electrons. The Labute approximate surface area is 110 Å². The molecule has 0 aliphatic carbocycles. The number of H-pyrrole nitrogens is 1. The van der Waals surface area contributed by atoms with Gasteiger partial charge in [0.1, 0.15) is 22.9 Å². The third-order valence-corrected chi connectivity index (χ3v) is 2.72. The first-order chi connectivity index (χ1) is 9.17. The predicted molar refractivity (Wildman–Crippen MR) is 70.8 cm³/mol. The van der Waals surface area contributed by atoms with Crippen LogP contribution in [0.5, 0.6) is 11.5 Å². The monoisotopic (exact) mass is 261 g/mol. The van der Waals surface area contributed by atoms with Gasteiger partial charge < -0.3 is 14.8 Å². The number of hydrogen-bond acceptors (Lipinski definition) is 4. The van der Waals surface area contributed by atoms with E-state index in [1.54, 1.807) is 24.4 Å². The maximum absolute atomic E-state index is 12.3. The van der Waals surface area contributed by atoms with E-state index in [1.165, 1.54) is 14.2 Å². The molecule has 0 aliphatic rings. The molecule has 0 aliphatic heterocycles. The van der Waals surface area contributed by atoms with Crippen LogP contribution in [0.15, 0.2) is 24.4 Å². The number of amides is 1. The first-order valence-electron chi connectivity index (χ1n) is 5.69. The molecule has 0 bridgehead atoms. The Morgan fingerprint density at radius 3 is 2.37 bits per heavy atom. The number of anilines is 1. The molecule has 0 unspecified atom stereocenters. The molecule has 0 spiro atoms. The summed E-state index contributed by atoms with van der Waals surface area (Å²) in [5.41, 5.74) is 1.20. The zero-order valence-electron chi connectivity index (χ0n) is 11.0. The number of carbonyl (C=O) groups is 1. The molecule has 0 atom stereocenters. The molecule has 2 rings (SSSR count). The average molecular weight is 261 g/mol. The summed E-state index contributed by atoms with van der Waals surface area (Å²) in [5, 5.41) is 9.31. The van der Waals surface area contributed by atoms with E-state index in [4.69, 9.17) is 9.47 Å². The minimum atomic E-state index is -0.318. The van der Waals surface area contributed by atoms with Crippen molar-refractivity contribution >= 4 is 11.7 Å². The number of aryl methyl sites for hydroxylation is 1. The van der Waals surface area contributed by atoms with E-state index < -0.39 is 0 Å². The lowest BCUT2D eigenvalue weighted by atomic mass is 10.1. The second kappa shape index (κ2) is 5.43. The fourth-order valence-corrected chi connectivity index (χ4v) is 1.72. The minimum Gasteiger partial charge on any atom is -0.496 e. The Kier molecular flexibility index (Phi) is 3.70. The van der Waals surface area contributed by atoms with E-state index in [2.05, 4.69) is 15.5 Å². The molecule has 6 nitrogen and oxygen atoms in total. The smallest absolute Gasteiger partial charge is 0.264 e. The summed E-state index contributed by atoms with van der Waals surface area (Å²) in [6, 6.07) is 5.17. The third-order valence-electron chi connectivity index (χ3n) is 2.72. The van der Waals surface area contributed by atoms with Crippen LogP contribution in [0.25, 0.3) is 0 Å². The van der Waals surface area contributed by atoms with Crippen molar-refractivity contribution in [3.8, 4) is 11.5 Å². The summed E-state index contributed by atoms with van der Waals surface area (Å²) in [6.07, 6.45) is 1.63. The summed E-state index contributed by atoms with van der Waals surface area (Å²) >= 11 is 0. The van der Waals surface area contributed by atoms with E-state index in [1.807, 2.05) is 6.92 Å². The summed E-state index contributed by atoms with van der Waals surface area (Å²) < 4.78 is 10.4. The number of carbonyl (C=O) groups excluding carboxylic acids is 1. The maximum Gasteiger partial charge on any atom is 0.264 e. The fraction of sp³-hybridized carbons (Fsp3) is 0.231. The van der Waals surface area contributed by atoms with Crippen LogP contribution < -0.4 is 14.8 Å². The molecule has 1 heterocycles. The number of rotatable bonds is 4. The van der Waals surface area contributed by atoms with Crippen LogP contribution in [-0.4, -0.2) is 30.3 Å². The molecular weight excluding hydrogens is 246 g/mol. The number of aromatic nitrogens is 2. The normalized spacial score (nSPS) is 10.1. The molecule has 19 heavy (non-hydrogen) atoms. The summed E-state index contributed by atoms with van der Waals surface area (Å²) in [6.45, 7) is 1.85. The lowest BCUT2D eigenvalue weighted by Crippen LogP contribution is -2.15. The van der Waals surface area contributed by atoms with Crippen molar-refractivity contribution < 1.29 is 14.3 Å². The van der Waals surface area contributed by atoms with E-state index in [9.17, 15) is 4.79 Å². The van der Waals surface area contributed by atoms with Crippen molar-refractivity contribution in [2.45, 2.75) is 6.92 Å². The largest absolute Gasteiger partial charge is 0.496 e. The Hall–Kier alpha value is -2.50. The lowest BCUT2D eigenvalue weighted by molar-refractivity contribution is 0.102. The van der Waals surface area contributed by atoms with Gasteiger partial charge in [0.2, 0.25) is 0 Å². The molecule has 0 radical (unpaired) electrons. The molecule has 2 aromatic rings. The number of nitrogens with one attached hydrogen (secondary N) is 2. The van der Waals surface area contributed by atoms with Crippen LogP contribution >= 0.6 is 0 Å². The van der Waals surface area contributed by atoms with Crippen molar-refractivity contribution in [2.75, 3.05) is 19.5 Å². The maximum atomic E-state index is 12.3. The molecular formula is C13H15N3O3. The highest BCUT2D eigenvalue weighted by molar-refractivity contribution is 6.08. The van der Waals surface area contributed by atoms with Gasteiger partial charge in [-0.15, -0.1) is 0 Å². The zero-order chi connectivity index (χ0) is 13.8. The lowest BCUT2D eigenvalue weighted by Gasteiger charge is -2.12. The van der Waals surface area contributed by atoms with Crippen molar-refractivity contribution in [1.82, 2.24) is 10.2 Å². The third kappa shape index (κ3) is 2.52. The molecule has 0 fully saturated rings. The SMILES string of the molecule is COc1cccc(OC)c1C(=O)Nc1[nH]ncc1C. The highest BCUT2D eigenvalue weighted by atomic mass is 16.5. The van der Waals surface area contributed by atoms with Crippen molar-refractivity contribution in [1.29, 1.82) is 0 Å². The Bertz CT molecular complexity index is 570. The molecule has 1 aromatic heterocycles. The van der Waals surface area contributed by atoms with Gasteiger partial charge in [0.25, 0.3) is 5.91 Å². The quantitative estimate of drug-likeness (QED) is 0.882. The van der Waals surface area contributed by atoms with Crippen molar-refractivity contribution in [2.24, 2.45) is 0 Å². The van der Waals surface area contributed by atoms with Crippen LogP contribution in [0.4, 0.5) is 5.82 Å². The minimum absolute atomic E-state index is 0.318. The molecule has 0 saturated heterocycles. The van der Waals surface area contributed by atoms with E-state index in [0.29, 0.717) is 22.9 Å². The van der Waals surface area contributed by atoms with Gasteiger partial charge >= 0.3 is 0 Å². The van der Waals surface area contributed by atoms with Gasteiger partial charge in [-0.3, -0.25) is 9.89 Å². The van der Waals surface area contributed by atoms with Gasteiger partial charge in [-0.1, -0.05) is 6.07 Å². The summed E-state index contributed by atoms with van der Waals surface area (Å²) in [5.74, 6) is 1.14. The van der Waals surface area contributed by atoms with E-state index in [-0.39, 0.29) is 5.91 Å². The molecule has 0 saturated carbocycles. The second-order valence-corrected chi connectivity index (χ2v) is 3.92. The van der Waals surface area contributed by atoms with Crippen LogP contribution in [0.2, 0.25) is 0 Å². The highest BCUT2D eigenvalue weighted by Gasteiger charge is 2.19. The topological polar surface area (TPSA) is 76.2 Å². The average Bonchev–Trinajstić information content (AvgIpc) is 2.83. The van der Waals surface area contributed by atoms with Crippen LogP contribution in [0, 0.1) is 6.92 Å². The van der Waals surface area contributed by atoms with Gasteiger partial charge in [0.05, 0.1) is 20.4 Å². The Morgan fingerprint density at radius 2 is 1.89 bits per heavy atom. The number of benzene rings is 1. The fourth-order valence-electron chi connectivity index (χ4n) is 1.72. The van der Waals surface area contributed by atoms with Gasteiger partial charge in [0.15, 0.2) is 0 Å². The highest BCUT2D eigenvalue weighted by Crippen LogP contribution is 2.29. The molecule has 1 amide bonds. The zero-order valence-corrected chi connectivity index (χ0v) is 11.0. The number of aromatic amines is 1. The van der Waals surface area contributed by atoms with E-state index in [0.717, 1.165) is 5.56 Å². The second-order valence-electron chi connectivity index (χ2n) is 3.92. The Balaban J connectivity index is 2.35. The van der Waals surface area contributed by atoms with Crippen molar-refractivity contribution in [3.05, 3.63) is 35.5 Å². The number of nitrogens with zero attached hydrogens (tertiary/aromatic N) is 1. The van der Waals surface area contributed by atoms with Gasteiger partial charge in [-0.25, -0.2) is 0 Å². The molecule has 1 aromatic carbocycles. The summed E-state index contributed by atoms with van der Waals surface area (Å²) in [7, 11) is 3.01. The van der Waals surface area contributed by atoms with E-state index >= 15 is 0 Å². The first kappa shape index (κ1) is 12.9. The number of ether oxygens (including phenoxy) is 2. The van der Waals surface area contributed by atoms with Crippen LogP contribution in [-0.2, 0) is 0 Å². The van der Waals surface area contributed by atoms with Gasteiger partial charge in [-0.05, 0) is 19.1 Å².